The fraction of sp³-hybridized carbons (Fsp3) is 0.545. The van der Waals surface area contributed by atoms with Crippen molar-refractivity contribution in [2.24, 2.45) is 0 Å². The zero-order valence-corrected chi connectivity index (χ0v) is 9.70. The normalized spacial score (nSPS) is 11.9. The molecule has 1 rings (SSSR count). The molecule has 0 spiro atoms. The van der Waals surface area contributed by atoms with Crippen LogP contribution in [0, 0.1) is 0 Å². The number of aromatic nitrogens is 1. The van der Waals surface area contributed by atoms with E-state index in [1.165, 1.54) is 12.3 Å². The number of hydrogen-bond donors (Lipinski definition) is 1. The Labute approximate surface area is 97.9 Å². The van der Waals surface area contributed by atoms with Gasteiger partial charge in [0.1, 0.15) is 12.4 Å². The van der Waals surface area contributed by atoms with Gasteiger partial charge in [-0.1, -0.05) is 0 Å². The van der Waals surface area contributed by atoms with Gasteiger partial charge in [-0.25, -0.2) is 4.98 Å². The predicted octanol–water partition coefficient (Wildman–Crippen LogP) is 2.35. The molecule has 0 fully saturated rings. The molecule has 17 heavy (non-hydrogen) atoms. The lowest BCUT2D eigenvalue weighted by Gasteiger charge is -2.28. The van der Waals surface area contributed by atoms with Crippen molar-refractivity contribution >= 4 is 5.82 Å². The van der Waals surface area contributed by atoms with Crippen molar-refractivity contribution in [1.82, 2.24) is 4.98 Å². The largest absolute Gasteiger partial charge is 0.405 e. The minimum Gasteiger partial charge on any atom is -0.392 e. The molecule has 0 radical (unpaired) electrons. The summed E-state index contributed by atoms with van der Waals surface area (Å²) in [5, 5.41) is 8.95. The zero-order chi connectivity index (χ0) is 13.1. The first-order valence-electron chi connectivity index (χ1n) is 5.22. The Bertz CT molecular complexity index is 366. The number of rotatable bonds is 4. The lowest BCUT2D eigenvalue weighted by atomic mass is 10.2. The summed E-state index contributed by atoms with van der Waals surface area (Å²) in [4.78, 5) is 5.06. The molecule has 0 aliphatic heterocycles. The van der Waals surface area contributed by atoms with Crippen LogP contribution in [0.3, 0.4) is 0 Å². The van der Waals surface area contributed by atoms with E-state index in [0.29, 0.717) is 5.56 Å². The molecule has 0 saturated carbocycles. The van der Waals surface area contributed by atoms with Gasteiger partial charge in [0.25, 0.3) is 0 Å². The van der Waals surface area contributed by atoms with Crippen LogP contribution in [0.15, 0.2) is 18.3 Å². The smallest absolute Gasteiger partial charge is 0.392 e. The third-order valence-corrected chi connectivity index (χ3v) is 2.26. The number of alkyl halides is 3. The van der Waals surface area contributed by atoms with Crippen LogP contribution in [-0.2, 0) is 6.61 Å². The van der Waals surface area contributed by atoms with E-state index in [2.05, 4.69) is 4.98 Å². The van der Waals surface area contributed by atoms with E-state index in [4.69, 9.17) is 5.11 Å². The van der Waals surface area contributed by atoms with Crippen molar-refractivity contribution in [1.29, 1.82) is 0 Å². The highest BCUT2D eigenvalue weighted by molar-refractivity contribution is 5.42. The first-order chi connectivity index (χ1) is 7.83. The minimum absolute atomic E-state index is 0.215. The summed E-state index contributed by atoms with van der Waals surface area (Å²) < 4.78 is 37.2. The zero-order valence-electron chi connectivity index (χ0n) is 9.70. The van der Waals surface area contributed by atoms with Crippen molar-refractivity contribution in [3.05, 3.63) is 23.9 Å². The van der Waals surface area contributed by atoms with Gasteiger partial charge in [0.15, 0.2) is 0 Å². The molecule has 6 heteroatoms. The average molecular weight is 248 g/mol. The van der Waals surface area contributed by atoms with Crippen LogP contribution in [0.2, 0.25) is 0 Å². The van der Waals surface area contributed by atoms with Gasteiger partial charge in [-0.3, -0.25) is 0 Å². The number of hydrogen-bond acceptors (Lipinski definition) is 3. The maximum atomic E-state index is 12.4. The van der Waals surface area contributed by atoms with Crippen molar-refractivity contribution in [2.45, 2.75) is 32.7 Å². The molecule has 0 atom stereocenters. The molecule has 1 heterocycles. The molecule has 0 saturated heterocycles. The van der Waals surface area contributed by atoms with Gasteiger partial charge in [0, 0.05) is 12.2 Å². The molecule has 0 aromatic carbocycles. The minimum atomic E-state index is -4.28. The van der Waals surface area contributed by atoms with Gasteiger partial charge in [-0.15, -0.1) is 0 Å². The molecule has 0 bridgehead atoms. The van der Waals surface area contributed by atoms with Crippen LogP contribution in [0.4, 0.5) is 19.0 Å². The standard InChI is InChI=1S/C11H15F3N2O/c1-8(2)16(7-11(12,13)14)10-5-9(6-17)3-4-15-10/h3-5,8,17H,6-7H2,1-2H3. The summed E-state index contributed by atoms with van der Waals surface area (Å²) in [5.74, 6) is 0.226. The molecule has 0 unspecified atom stereocenters. The van der Waals surface area contributed by atoms with Crippen molar-refractivity contribution in [3.8, 4) is 0 Å². The second-order valence-corrected chi connectivity index (χ2v) is 4.02. The van der Waals surface area contributed by atoms with E-state index < -0.39 is 12.7 Å². The quantitative estimate of drug-likeness (QED) is 0.888. The second kappa shape index (κ2) is 5.35. The molecule has 1 aromatic rings. The summed E-state index contributed by atoms with van der Waals surface area (Å²) in [6.45, 7) is 2.07. The maximum Gasteiger partial charge on any atom is 0.405 e. The maximum absolute atomic E-state index is 12.4. The van der Waals surface area contributed by atoms with Crippen molar-refractivity contribution < 1.29 is 18.3 Å². The van der Waals surface area contributed by atoms with Gasteiger partial charge >= 0.3 is 6.18 Å². The number of aliphatic hydroxyl groups excluding tert-OH is 1. The van der Waals surface area contributed by atoms with E-state index in [0.717, 1.165) is 4.90 Å². The Balaban J connectivity index is 2.97. The molecule has 0 amide bonds. The monoisotopic (exact) mass is 248 g/mol. The Kier molecular flexibility index (Phi) is 4.34. The van der Waals surface area contributed by atoms with Crippen LogP contribution < -0.4 is 4.90 Å². The summed E-state index contributed by atoms with van der Waals surface area (Å²) >= 11 is 0. The van der Waals surface area contributed by atoms with E-state index in [1.54, 1.807) is 19.9 Å². The van der Waals surface area contributed by atoms with Crippen LogP contribution in [0.5, 0.6) is 0 Å². The third kappa shape index (κ3) is 4.22. The number of aliphatic hydroxyl groups is 1. The number of anilines is 1. The summed E-state index contributed by atoms with van der Waals surface area (Å²) in [6.07, 6.45) is -2.88. The summed E-state index contributed by atoms with van der Waals surface area (Å²) in [5.41, 5.74) is 0.544. The van der Waals surface area contributed by atoms with E-state index in [1.807, 2.05) is 0 Å². The van der Waals surface area contributed by atoms with Crippen LogP contribution in [-0.4, -0.2) is 28.9 Å². The Morgan fingerprint density at radius 1 is 1.41 bits per heavy atom. The third-order valence-electron chi connectivity index (χ3n) is 2.26. The Hall–Kier alpha value is -1.30. The van der Waals surface area contributed by atoms with Gasteiger partial charge in [-0.2, -0.15) is 13.2 Å². The highest BCUT2D eigenvalue weighted by Gasteiger charge is 2.32. The van der Waals surface area contributed by atoms with E-state index in [9.17, 15) is 13.2 Å². The van der Waals surface area contributed by atoms with E-state index in [-0.39, 0.29) is 18.5 Å². The van der Waals surface area contributed by atoms with Gasteiger partial charge in [0.05, 0.1) is 6.61 Å². The Morgan fingerprint density at radius 2 is 2.06 bits per heavy atom. The lowest BCUT2D eigenvalue weighted by Crippen LogP contribution is -2.39. The highest BCUT2D eigenvalue weighted by atomic mass is 19.4. The second-order valence-electron chi connectivity index (χ2n) is 4.02. The summed E-state index contributed by atoms with van der Waals surface area (Å²) in [6, 6.07) is 2.71. The van der Waals surface area contributed by atoms with Crippen LogP contribution in [0.25, 0.3) is 0 Å². The molecule has 96 valence electrons. The first-order valence-corrected chi connectivity index (χ1v) is 5.22. The van der Waals surface area contributed by atoms with Gasteiger partial charge in [-0.05, 0) is 31.5 Å². The van der Waals surface area contributed by atoms with Crippen molar-refractivity contribution in [3.63, 3.8) is 0 Å². The molecule has 1 aromatic heterocycles. The number of pyridine rings is 1. The van der Waals surface area contributed by atoms with Crippen LogP contribution >= 0.6 is 0 Å². The fourth-order valence-electron chi connectivity index (χ4n) is 1.44. The summed E-state index contributed by atoms with van der Waals surface area (Å²) in [7, 11) is 0. The van der Waals surface area contributed by atoms with E-state index >= 15 is 0 Å². The molecule has 3 nitrogen and oxygen atoms in total. The molecule has 0 aliphatic rings. The molecule has 0 aliphatic carbocycles. The number of halogens is 3. The Morgan fingerprint density at radius 3 is 2.53 bits per heavy atom. The average Bonchev–Trinajstić information content (AvgIpc) is 2.24. The molecular formula is C11H15F3N2O. The van der Waals surface area contributed by atoms with Crippen molar-refractivity contribution in [2.75, 3.05) is 11.4 Å². The SMILES string of the molecule is CC(C)N(CC(F)(F)F)c1cc(CO)ccn1. The molecule has 1 N–H and O–H groups in total. The molecular weight excluding hydrogens is 233 g/mol. The first kappa shape index (κ1) is 13.8. The fourth-order valence-corrected chi connectivity index (χ4v) is 1.44. The highest BCUT2D eigenvalue weighted by Crippen LogP contribution is 2.23. The van der Waals surface area contributed by atoms with Gasteiger partial charge < -0.3 is 10.0 Å². The van der Waals surface area contributed by atoms with Crippen LogP contribution in [0.1, 0.15) is 19.4 Å². The topological polar surface area (TPSA) is 36.4 Å². The number of nitrogens with zero attached hydrogens (tertiary/aromatic N) is 2. The van der Waals surface area contributed by atoms with Gasteiger partial charge in [0.2, 0.25) is 0 Å². The lowest BCUT2D eigenvalue weighted by molar-refractivity contribution is -0.120. The predicted molar refractivity (Wildman–Crippen MR) is 58.7 cm³/mol.